The van der Waals surface area contributed by atoms with E-state index in [1.807, 2.05) is 44.2 Å². The third-order valence-electron chi connectivity index (χ3n) is 2.37. The van der Waals surface area contributed by atoms with Crippen molar-refractivity contribution in [2.45, 2.75) is 13.8 Å². The number of aromatic amines is 1. The van der Waals surface area contributed by atoms with Gasteiger partial charge in [0.1, 0.15) is 5.82 Å². The number of hydrogen-bond acceptors (Lipinski definition) is 1. The number of aromatic nitrogens is 2. The van der Waals surface area contributed by atoms with E-state index in [9.17, 15) is 0 Å². The van der Waals surface area contributed by atoms with Gasteiger partial charge in [0.25, 0.3) is 0 Å². The highest BCUT2D eigenvalue weighted by Crippen LogP contribution is 2.10. The summed E-state index contributed by atoms with van der Waals surface area (Å²) >= 11 is 0. The number of benzene rings is 1. The SMILES string of the molecule is C/C=c1/nc(-c2ccccc2)[nH]/c1=C/C. The van der Waals surface area contributed by atoms with Gasteiger partial charge < -0.3 is 4.98 Å². The molecule has 0 amide bonds. The lowest BCUT2D eigenvalue weighted by Crippen LogP contribution is -2.23. The summed E-state index contributed by atoms with van der Waals surface area (Å²) in [7, 11) is 0. The van der Waals surface area contributed by atoms with E-state index in [1.54, 1.807) is 0 Å². The van der Waals surface area contributed by atoms with Gasteiger partial charge in [0.05, 0.1) is 10.7 Å². The minimum absolute atomic E-state index is 0.928. The standard InChI is InChI=1S/C13H14N2/c1-3-11-12(4-2)15-13(14-11)10-8-6-5-7-9-10/h3-9H,1-2H3,(H,14,15)/b11-3+,12-4+. The van der Waals surface area contributed by atoms with Crippen molar-refractivity contribution in [2.24, 2.45) is 0 Å². The maximum atomic E-state index is 4.53. The van der Waals surface area contributed by atoms with Crippen LogP contribution in [0, 0.1) is 0 Å². The third-order valence-corrected chi connectivity index (χ3v) is 2.37. The molecule has 0 radical (unpaired) electrons. The van der Waals surface area contributed by atoms with Crippen LogP contribution in [0.15, 0.2) is 30.3 Å². The second kappa shape index (κ2) is 4.13. The first-order valence-electron chi connectivity index (χ1n) is 5.09. The fourth-order valence-corrected chi connectivity index (χ4v) is 1.57. The van der Waals surface area contributed by atoms with Crippen molar-refractivity contribution in [1.82, 2.24) is 9.97 Å². The Morgan fingerprint density at radius 2 is 1.80 bits per heavy atom. The van der Waals surface area contributed by atoms with Crippen molar-refractivity contribution in [1.29, 1.82) is 0 Å². The van der Waals surface area contributed by atoms with Gasteiger partial charge in [-0.05, 0) is 13.8 Å². The Bertz CT molecular complexity index is 518. The van der Waals surface area contributed by atoms with E-state index in [1.165, 1.54) is 0 Å². The average Bonchev–Trinajstić information content (AvgIpc) is 2.73. The maximum Gasteiger partial charge on any atom is 0.138 e. The highest BCUT2D eigenvalue weighted by molar-refractivity contribution is 5.54. The number of nitrogens with zero attached hydrogens (tertiary/aromatic N) is 1. The minimum atomic E-state index is 0.928. The quantitative estimate of drug-likeness (QED) is 0.742. The summed E-state index contributed by atoms with van der Waals surface area (Å²) in [5.41, 5.74) is 1.12. The first-order chi connectivity index (χ1) is 7.35. The lowest BCUT2D eigenvalue weighted by atomic mass is 10.2. The molecule has 0 atom stereocenters. The summed E-state index contributed by atoms with van der Waals surface area (Å²) in [6.07, 6.45) is 4.05. The van der Waals surface area contributed by atoms with Crippen LogP contribution in [0.4, 0.5) is 0 Å². The van der Waals surface area contributed by atoms with Gasteiger partial charge >= 0.3 is 0 Å². The van der Waals surface area contributed by atoms with Crippen LogP contribution in [0.2, 0.25) is 0 Å². The molecule has 15 heavy (non-hydrogen) atoms. The van der Waals surface area contributed by atoms with E-state index in [-0.39, 0.29) is 0 Å². The van der Waals surface area contributed by atoms with Crippen LogP contribution in [-0.2, 0) is 0 Å². The van der Waals surface area contributed by atoms with Crippen molar-refractivity contribution in [3.05, 3.63) is 41.0 Å². The largest absolute Gasteiger partial charge is 0.338 e. The van der Waals surface area contributed by atoms with Gasteiger partial charge in [0.2, 0.25) is 0 Å². The number of H-pyrrole nitrogens is 1. The second-order valence-electron chi connectivity index (χ2n) is 3.33. The predicted octanol–water partition coefficient (Wildman–Crippen LogP) is 1.68. The number of hydrogen-bond donors (Lipinski definition) is 1. The number of nitrogens with one attached hydrogen (secondary N) is 1. The monoisotopic (exact) mass is 198 g/mol. The lowest BCUT2D eigenvalue weighted by molar-refractivity contribution is 1.28. The second-order valence-corrected chi connectivity index (χ2v) is 3.33. The van der Waals surface area contributed by atoms with Crippen molar-refractivity contribution >= 4 is 12.2 Å². The van der Waals surface area contributed by atoms with E-state index < -0.39 is 0 Å². The summed E-state index contributed by atoms with van der Waals surface area (Å²) in [6.45, 7) is 4.01. The van der Waals surface area contributed by atoms with Crippen LogP contribution in [0.5, 0.6) is 0 Å². The maximum absolute atomic E-state index is 4.53. The summed E-state index contributed by atoms with van der Waals surface area (Å²) in [5.74, 6) is 0.928. The zero-order chi connectivity index (χ0) is 10.7. The molecule has 2 nitrogen and oxygen atoms in total. The lowest BCUT2D eigenvalue weighted by Gasteiger charge is -1.93. The molecule has 1 aromatic carbocycles. The molecule has 0 bridgehead atoms. The van der Waals surface area contributed by atoms with Crippen molar-refractivity contribution in [3.8, 4) is 11.4 Å². The first-order valence-corrected chi connectivity index (χ1v) is 5.09. The van der Waals surface area contributed by atoms with Gasteiger partial charge in [-0.15, -0.1) is 0 Å². The van der Waals surface area contributed by atoms with Gasteiger partial charge in [0.15, 0.2) is 0 Å². The minimum Gasteiger partial charge on any atom is -0.338 e. The van der Waals surface area contributed by atoms with Crippen LogP contribution in [0.25, 0.3) is 23.5 Å². The molecule has 0 unspecified atom stereocenters. The van der Waals surface area contributed by atoms with Crippen LogP contribution < -0.4 is 10.7 Å². The van der Waals surface area contributed by atoms with Gasteiger partial charge in [-0.3, -0.25) is 0 Å². The van der Waals surface area contributed by atoms with E-state index in [4.69, 9.17) is 0 Å². The number of imidazole rings is 1. The topological polar surface area (TPSA) is 28.7 Å². The van der Waals surface area contributed by atoms with Crippen molar-refractivity contribution in [3.63, 3.8) is 0 Å². The van der Waals surface area contributed by atoms with E-state index in [0.717, 1.165) is 22.1 Å². The molecule has 1 aromatic heterocycles. The molecule has 76 valence electrons. The molecule has 2 heteroatoms. The Morgan fingerprint density at radius 1 is 1.07 bits per heavy atom. The molecule has 0 aliphatic carbocycles. The molecule has 1 heterocycles. The molecule has 0 aliphatic rings. The van der Waals surface area contributed by atoms with E-state index in [0.29, 0.717) is 0 Å². The van der Waals surface area contributed by atoms with Crippen LogP contribution >= 0.6 is 0 Å². The summed E-state index contributed by atoms with van der Waals surface area (Å²) in [6, 6.07) is 10.1. The Hall–Kier alpha value is -1.83. The van der Waals surface area contributed by atoms with Gasteiger partial charge in [-0.2, -0.15) is 0 Å². The van der Waals surface area contributed by atoms with Crippen LogP contribution in [-0.4, -0.2) is 9.97 Å². The molecular formula is C13H14N2. The first kappa shape index (κ1) is 9.71. The molecule has 0 fully saturated rings. The molecule has 0 saturated heterocycles. The molecule has 2 aromatic rings. The Labute approximate surface area is 89.0 Å². The van der Waals surface area contributed by atoms with Crippen molar-refractivity contribution in [2.75, 3.05) is 0 Å². The highest BCUT2D eigenvalue weighted by atomic mass is 14.9. The third kappa shape index (κ3) is 1.84. The van der Waals surface area contributed by atoms with Gasteiger partial charge in [-0.1, -0.05) is 42.5 Å². The Balaban J connectivity index is 2.62. The zero-order valence-electron chi connectivity index (χ0n) is 8.99. The van der Waals surface area contributed by atoms with Crippen molar-refractivity contribution < 1.29 is 0 Å². The summed E-state index contributed by atoms with van der Waals surface area (Å²) < 4.78 is 0. The molecule has 0 saturated carbocycles. The number of rotatable bonds is 1. The average molecular weight is 198 g/mol. The normalized spacial score (nSPS) is 13.5. The summed E-state index contributed by atoms with van der Waals surface area (Å²) in [4.78, 5) is 7.83. The molecule has 2 rings (SSSR count). The highest BCUT2D eigenvalue weighted by Gasteiger charge is 1.99. The molecule has 0 aliphatic heterocycles. The zero-order valence-corrected chi connectivity index (χ0v) is 8.99. The van der Waals surface area contributed by atoms with E-state index >= 15 is 0 Å². The van der Waals surface area contributed by atoms with Crippen LogP contribution in [0.1, 0.15) is 13.8 Å². The molecular weight excluding hydrogens is 184 g/mol. The molecule has 0 spiro atoms. The Kier molecular flexibility index (Phi) is 2.68. The Morgan fingerprint density at radius 3 is 2.33 bits per heavy atom. The predicted molar refractivity (Wildman–Crippen MR) is 63.6 cm³/mol. The van der Waals surface area contributed by atoms with Crippen LogP contribution in [0.3, 0.4) is 0 Å². The fourth-order valence-electron chi connectivity index (χ4n) is 1.57. The summed E-state index contributed by atoms with van der Waals surface area (Å²) in [5, 5.41) is 2.09. The molecule has 1 N–H and O–H groups in total. The smallest absolute Gasteiger partial charge is 0.138 e. The fraction of sp³-hybridized carbons (Fsp3) is 0.154. The van der Waals surface area contributed by atoms with Gasteiger partial charge in [0, 0.05) is 5.56 Å². The van der Waals surface area contributed by atoms with Gasteiger partial charge in [-0.25, -0.2) is 4.98 Å². The van der Waals surface area contributed by atoms with E-state index in [2.05, 4.69) is 22.1 Å².